The molecule has 0 saturated heterocycles. The fourth-order valence-corrected chi connectivity index (χ4v) is 2.81. The Labute approximate surface area is 109 Å². The fourth-order valence-electron chi connectivity index (χ4n) is 2.81. The lowest BCUT2D eigenvalue weighted by Crippen LogP contribution is -2.41. The summed E-state index contributed by atoms with van der Waals surface area (Å²) in [7, 11) is 0. The molecule has 1 rings (SSSR count). The highest BCUT2D eigenvalue weighted by Crippen LogP contribution is 2.55. The number of ether oxygens (including phenoxy) is 2. The largest absolute Gasteiger partial charge is 0.466 e. The fraction of sp³-hybridized carbons (Fsp3) is 0.857. The number of hydrogen-bond acceptors (Lipinski definition) is 4. The Morgan fingerprint density at radius 3 is 1.61 bits per heavy atom. The first-order chi connectivity index (χ1) is 8.32. The van der Waals surface area contributed by atoms with E-state index in [1.54, 1.807) is 13.8 Å². The zero-order chi connectivity index (χ0) is 14.0. The smallest absolute Gasteiger partial charge is 0.312 e. The average Bonchev–Trinajstić information content (AvgIpc) is 2.57. The number of carbonyl (C=O) groups is 2. The highest BCUT2D eigenvalue weighted by molar-refractivity contribution is 5.83. The first kappa shape index (κ1) is 15.0. The van der Waals surface area contributed by atoms with Gasteiger partial charge in [0, 0.05) is 0 Å². The van der Waals surface area contributed by atoms with Gasteiger partial charge >= 0.3 is 11.9 Å². The third-order valence-corrected chi connectivity index (χ3v) is 4.56. The lowest BCUT2D eigenvalue weighted by Gasteiger charge is -2.33. The molecule has 1 aliphatic carbocycles. The van der Waals surface area contributed by atoms with E-state index in [1.807, 2.05) is 20.8 Å². The summed E-state index contributed by atoms with van der Waals surface area (Å²) in [6, 6.07) is 0. The third-order valence-electron chi connectivity index (χ3n) is 4.56. The van der Waals surface area contributed by atoms with Crippen LogP contribution < -0.4 is 0 Å². The molecule has 18 heavy (non-hydrogen) atoms. The van der Waals surface area contributed by atoms with Gasteiger partial charge in [-0.2, -0.15) is 0 Å². The molecule has 2 unspecified atom stereocenters. The van der Waals surface area contributed by atoms with E-state index in [0.717, 1.165) is 0 Å². The van der Waals surface area contributed by atoms with Crippen molar-refractivity contribution in [1.82, 2.24) is 0 Å². The maximum atomic E-state index is 12.1. The Balaban J connectivity index is 2.92. The van der Waals surface area contributed by atoms with E-state index in [9.17, 15) is 9.59 Å². The molecule has 0 amide bonds. The summed E-state index contributed by atoms with van der Waals surface area (Å²) in [5.41, 5.74) is -1.17. The van der Waals surface area contributed by atoms with Crippen molar-refractivity contribution in [2.75, 3.05) is 13.2 Å². The SMILES string of the molecule is CCOC(=O)C1(C)CCC(C)(C(=O)OCC)C1C. The minimum Gasteiger partial charge on any atom is -0.466 e. The minimum absolute atomic E-state index is 0.0805. The molecule has 0 aromatic heterocycles. The van der Waals surface area contributed by atoms with Gasteiger partial charge in [-0.25, -0.2) is 0 Å². The van der Waals surface area contributed by atoms with Gasteiger partial charge < -0.3 is 9.47 Å². The van der Waals surface area contributed by atoms with Crippen LogP contribution in [0.3, 0.4) is 0 Å². The summed E-state index contributed by atoms with van der Waals surface area (Å²) in [6.45, 7) is 10.1. The topological polar surface area (TPSA) is 52.6 Å². The van der Waals surface area contributed by atoms with E-state index in [2.05, 4.69) is 0 Å². The molecule has 2 atom stereocenters. The molecule has 104 valence electrons. The molecular formula is C14H24O4. The van der Waals surface area contributed by atoms with Gasteiger partial charge in [0.15, 0.2) is 0 Å². The van der Waals surface area contributed by atoms with Crippen molar-refractivity contribution in [3.05, 3.63) is 0 Å². The van der Waals surface area contributed by atoms with Crippen LogP contribution in [-0.2, 0) is 19.1 Å². The number of carbonyl (C=O) groups excluding carboxylic acids is 2. The zero-order valence-corrected chi connectivity index (χ0v) is 12.0. The number of hydrogen-bond donors (Lipinski definition) is 0. The Morgan fingerprint density at radius 2 is 1.33 bits per heavy atom. The summed E-state index contributed by atoms with van der Waals surface area (Å²) >= 11 is 0. The summed E-state index contributed by atoms with van der Waals surface area (Å²) in [5, 5.41) is 0. The van der Waals surface area contributed by atoms with E-state index in [4.69, 9.17) is 9.47 Å². The lowest BCUT2D eigenvalue weighted by atomic mass is 9.71. The molecule has 1 saturated carbocycles. The Morgan fingerprint density at radius 1 is 1.00 bits per heavy atom. The van der Waals surface area contributed by atoms with Crippen LogP contribution >= 0.6 is 0 Å². The minimum atomic E-state index is -0.586. The molecule has 4 nitrogen and oxygen atoms in total. The average molecular weight is 256 g/mol. The van der Waals surface area contributed by atoms with Crippen LogP contribution in [0.5, 0.6) is 0 Å². The highest BCUT2D eigenvalue weighted by atomic mass is 16.5. The molecule has 1 aliphatic rings. The Bertz CT molecular complexity index is 307. The van der Waals surface area contributed by atoms with Crippen molar-refractivity contribution in [3.63, 3.8) is 0 Å². The van der Waals surface area contributed by atoms with E-state index in [0.29, 0.717) is 26.1 Å². The van der Waals surface area contributed by atoms with Gasteiger partial charge in [0.25, 0.3) is 0 Å². The van der Waals surface area contributed by atoms with Crippen LogP contribution in [0.15, 0.2) is 0 Å². The standard InChI is InChI=1S/C14H24O4/c1-6-17-11(15)13(4)8-9-14(5,10(13)3)12(16)18-7-2/h10H,6-9H2,1-5H3. The predicted molar refractivity (Wildman–Crippen MR) is 67.9 cm³/mol. The molecule has 0 aromatic carbocycles. The van der Waals surface area contributed by atoms with Crippen LogP contribution in [0.2, 0.25) is 0 Å². The van der Waals surface area contributed by atoms with Crippen molar-refractivity contribution < 1.29 is 19.1 Å². The van der Waals surface area contributed by atoms with Gasteiger partial charge in [0.05, 0.1) is 24.0 Å². The summed E-state index contributed by atoms with van der Waals surface area (Å²) in [6.07, 6.45) is 1.34. The summed E-state index contributed by atoms with van der Waals surface area (Å²) in [4.78, 5) is 24.1. The van der Waals surface area contributed by atoms with Crippen LogP contribution in [0.1, 0.15) is 47.5 Å². The second kappa shape index (κ2) is 5.29. The van der Waals surface area contributed by atoms with Crippen LogP contribution in [-0.4, -0.2) is 25.2 Å². The van der Waals surface area contributed by atoms with Gasteiger partial charge in [-0.05, 0) is 46.5 Å². The highest BCUT2D eigenvalue weighted by Gasteiger charge is 2.58. The first-order valence-electron chi connectivity index (χ1n) is 6.67. The molecule has 0 aliphatic heterocycles. The first-order valence-corrected chi connectivity index (χ1v) is 6.67. The van der Waals surface area contributed by atoms with Gasteiger partial charge in [-0.15, -0.1) is 0 Å². The quantitative estimate of drug-likeness (QED) is 0.725. The van der Waals surface area contributed by atoms with Crippen molar-refractivity contribution >= 4 is 11.9 Å². The molecule has 0 heterocycles. The van der Waals surface area contributed by atoms with E-state index in [1.165, 1.54) is 0 Å². The summed E-state index contributed by atoms with van der Waals surface area (Å²) in [5.74, 6) is -0.487. The Kier molecular flexibility index (Phi) is 4.41. The molecule has 0 aromatic rings. The monoisotopic (exact) mass is 256 g/mol. The van der Waals surface area contributed by atoms with Crippen molar-refractivity contribution in [2.24, 2.45) is 16.7 Å². The predicted octanol–water partition coefficient (Wildman–Crippen LogP) is 2.56. The van der Waals surface area contributed by atoms with Gasteiger partial charge in [0.1, 0.15) is 0 Å². The molecule has 4 heteroatoms. The van der Waals surface area contributed by atoms with Gasteiger partial charge in [-0.3, -0.25) is 9.59 Å². The number of rotatable bonds is 4. The maximum absolute atomic E-state index is 12.1. The maximum Gasteiger partial charge on any atom is 0.312 e. The molecule has 0 radical (unpaired) electrons. The van der Waals surface area contributed by atoms with Crippen molar-refractivity contribution in [1.29, 1.82) is 0 Å². The van der Waals surface area contributed by atoms with Crippen molar-refractivity contribution in [2.45, 2.75) is 47.5 Å². The zero-order valence-electron chi connectivity index (χ0n) is 12.0. The molecule has 0 bridgehead atoms. The third kappa shape index (κ3) is 2.25. The van der Waals surface area contributed by atoms with Gasteiger partial charge in [-0.1, -0.05) is 6.92 Å². The van der Waals surface area contributed by atoms with Crippen molar-refractivity contribution in [3.8, 4) is 0 Å². The van der Waals surface area contributed by atoms with Crippen LogP contribution in [0.25, 0.3) is 0 Å². The lowest BCUT2D eigenvalue weighted by molar-refractivity contribution is -0.163. The molecule has 0 N–H and O–H groups in total. The molecule has 0 spiro atoms. The second-order valence-corrected chi connectivity index (χ2v) is 5.50. The van der Waals surface area contributed by atoms with Gasteiger partial charge in [0.2, 0.25) is 0 Å². The van der Waals surface area contributed by atoms with E-state index >= 15 is 0 Å². The normalized spacial score (nSPS) is 35.3. The van der Waals surface area contributed by atoms with E-state index in [-0.39, 0.29) is 17.9 Å². The van der Waals surface area contributed by atoms with Crippen LogP contribution in [0.4, 0.5) is 0 Å². The molecular weight excluding hydrogens is 232 g/mol. The number of esters is 2. The second-order valence-electron chi connectivity index (χ2n) is 5.50. The van der Waals surface area contributed by atoms with Crippen LogP contribution in [0, 0.1) is 16.7 Å². The Hall–Kier alpha value is -1.06. The summed E-state index contributed by atoms with van der Waals surface area (Å²) < 4.78 is 10.3. The molecule has 1 fully saturated rings. The van der Waals surface area contributed by atoms with E-state index < -0.39 is 10.8 Å².